The van der Waals surface area contributed by atoms with E-state index in [1.807, 2.05) is 0 Å². The summed E-state index contributed by atoms with van der Waals surface area (Å²) in [6, 6.07) is 7.41. The van der Waals surface area contributed by atoms with E-state index < -0.39 is 17.8 Å². The van der Waals surface area contributed by atoms with Crippen LogP contribution in [0.4, 0.5) is 13.2 Å². The predicted octanol–water partition coefficient (Wildman–Crippen LogP) is 3.70. The van der Waals surface area contributed by atoms with Crippen molar-refractivity contribution in [2.24, 2.45) is 0 Å². The number of nitrogens with zero attached hydrogens (tertiary/aromatic N) is 2. The summed E-state index contributed by atoms with van der Waals surface area (Å²) in [5, 5.41) is 11.1. The first-order chi connectivity index (χ1) is 11.8. The van der Waals surface area contributed by atoms with E-state index in [1.165, 1.54) is 30.6 Å². The Morgan fingerprint density at radius 1 is 1.24 bits per heavy atom. The number of hydrogen-bond donors (Lipinski definition) is 0. The minimum Gasteiger partial charge on any atom is -0.619 e. The molecule has 132 valence electrons. The van der Waals surface area contributed by atoms with Gasteiger partial charge in [0, 0.05) is 18.2 Å². The van der Waals surface area contributed by atoms with Gasteiger partial charge in [0.25, 0.3) is 5.91 Å². The molecule has 4 nitrogen and oxygen atoms in total. The van der Waals surface area contributed by atoms with Crippen LogP contribution in [-0.4, -0.2) is 16.8 Å². The van der Waals surface area contributed by atoms with Crippen LogP contribution in [-0.2, 0) is 6.18 Å². The number of aromatic nitrogens is 1. The van der Waals surface area contributed by atoms with Gasteiger partial charge in [-0.1, -0.05) is 12.1 Å². The molecule has 1 aromatic carbocycles. The zero-order valence-electron chi connectivity index (χ0n) is 13.5. The van der Waals surface area contributed by atoms with Crippen molar-refractivity contribution < 1.29 is 22.7 Å². The number of amides is 1. The molecular formula is C18H17F3N2O2. The van der Waals surface area contributed by atoms with Crippen LogP contribution in [0.25, 0.3) is 0 Å². The second-order valence-electron chi connectivity index (χ2n) is 6.19. The quantitative estimate of drug-likeness (QED) is 0.623. The molecule has 0 spiro atoms. The largest absolute Gasteiger partial charge is 0.619 e. The summed E-state index contributed by atoms with van der Waals surface area (Å²) in [7, 11) is 0. The van der Waals surface area contributed by atoms with Gasteiger partial charge < -0.3 is 10.1 Å². The molecule has 3 rings (SSSR count). The van der Waals surface area contributed by atoms with E-state index in [2.05, 4.69) is 0 Å². The van der Waals surface area contributed by atoms with Crippen molar-refractivity contribution in [1.82, 2.24) is 4.90 Å². The number of benzene rings is 1. The summed E-state index contributed by atoms with van der Waals surface area (Å²) in [5.41, 5.74) is 0.0508. The Hall–Kier alpha value is -2.57. The van der Waals surface area contributed by atoms with Gasteiger partial charge in [0.15, 0.2) is 12.4 Å². The number of alkyl halides is 3. The molecule has 1 aliphatic rings. The van der Waals surface area contributed by atoms with Crippen LogP contribution in [0, 0.1) is 5.21 Å². The van der Waals surface area contributed by atoms with Gasteiger partial charge in [-0.2, -0.15) is 17.9 Å². The Morgan fingerprint density at radius 3 is 2.44 bits per heavy atom. The molecule has 0 unspecified atom stereocenters. The fourth-order valence-electron chi connectivity index (χ4n) is 2.85. The van der Waals surface area contributed by atoms with Gasteiger partial charge in [-0.05, 0) is 37.5 Å². The maximum absolute atomic E-state index is 13.0. The topological polar surface area (TPSA) is 47.2 Å². The Labute approximate surface area is 143 Å². The van der Waals surface area contributed by atoms with Gasteiger partial charge in [0.1, 0.15) is 0 Å². The molecule has 0 N–H and O–H groups in total. The average Bonchev–Trinajstić information content (AvgIpc) is 3.39. The van der Waals surface area contributed by atoms with Crippen LogP contribution in [0.1, 0.15) is 47.3 Å². The molecule has 1 fully saturated rings. The minimum atomic E-state index is -4.43. The number of carbonyl (C=O) groups excluding carboxylic acids is 1. The van der Waals surface area contributed by atoms with E-state index in [0.29, 0.717) is 15.9 Å². The lowest BCUT2D eigenvalue weighted by molar-refractivity contribution is -0.605. The summed E-state index contributed by atoms with van der Waals surface area (Å²) in [6.45, 7) is 1.72. The van der Waals surface area contributed by atoms with Gasteiger partial charge in [-0.15, -0.1) is 0 Å². The zero-order chi connectivity index (χ0) is 18.2. The van der Waals surface area contributed by atoms with Crippen molar-refractivity contribution in [2.75, 3.05) is 0 Å². The summed E-state index contributed by atoms with van der Waals surface area (Å²) < 4.78 is 39.4. The fourth-order valence-corrected chi connectivity index (χ4v) is 2.85. The third-order valence-electron chi connectivity index (χ3n) is 4.34. The zero-order valence-corrected chi connectivity index (χ0v) is 13.5. The molecule has 1 aliphatic carbocycles. The maximum atomic E-state index is 13.0. The predicted molar refractivity (Wildman–Crippen MR) is 84.5 cm³/mol. The molecular weight excluding hydrogens is 333 g/mol. The Bertz CT molecular complexity index is 771. The van der Waals surface area contributed by atoms with Crippen molar-refractivity contribution >= 4 is 5.91 Å². The van der Waals surface area contributed by atoms with Crippen molar-refractivity contribution in [3.63, 3.8) is 0 Å². The lowest BCUT2D eigenvalue weighted by Crippen LogP contribution is -2.36. The Morgan fingerprint density at radius 2 is 1.88 bits per heavy atom. The van der Waals surface area contributed by atoms with Crippen LogP contribution < -0.4 is 4.73 Å². The van der Waals surface area contributed by atoms with Crippen LogP contribution in [0.2, 0.25) is 0 Å². The van der Waals surface area contributed by atoms with Crippen molar-refractivity contribution in [3.8, 4) is 0 Å². The van der Waals surface area contributed by atoms with Crippen molar-refractivity contribution in [2.45, 2.75) is 38.0 Å². The van der Waals surface area contributed by atoms with Crippen LogP contribution in [0.5, 0.6) is 0 Å². The summed E-state index contributed by atoms with van der Waals surface area (Å²) in [6.07, 6.45) is -0.321. The highest BCUT2D eigenvalue weighted by Crippen LogP contribution is 2.37. The average molecular weight is 350 g/mol. The monoisotopic (exact) mass is 350 g/mol. The molecule has 1 heterocycles. The van der Waals surface area contributed by atoms with E-state index in [-0.39, 0.29) is 11.9 Å². The molecule has 25 heavy (non-hydrogen) atoms. The van der Waals surface area contributed by atoms with Crippen LogP contribution in [0.15, 0.2) is 48.8 Å². The smallest absolute Gasteiger partial charge is 0.416 e. The molecule has 0 saturated heterocycles. The van der Waals surface area contributed by atoms with Crippen molar-refractivity contribution in [1.29, 1.82) is 0 Å². The molecule has 0 radical (unpaired) electrons. The molecule has 0 aliphatic heterocycles. The number of pyridine rings is 1. The molecule has 2 aromatic rings. The first-order valence-electron chi connectivity index (χ1n) is 7.96. The van der Waals surface area contributed by atoms with Gasteiger partial charge in [-0.3, -0.25) is 4.79 Å². The highest BCUT2D eigenvalue weighted by atomic mass is 19.4. The van der Waals surface area contributed by atoms with E-state index in [0.717, 1.165) is 25.0 Å². The molecule has 7 heteroatoms. The van der Waals surface area contributed by atoms with Gasteiger partial charge in [-0.25, -0.2) is 0 Å². The summed E-state index contributed by atoms with van der Waals surface area (Å²) in [4.78, 5) is 14.4. The highest BCUT2D eigenvalue weighted by molar-refractivity contribution is 5.94. The normalized spacial score (nSPS) is 15.7. The van der Waals surface area contributed by atoms with E-state index in [4.69, 9.17) is 0 Å². The van der Waals surface area contributed by atoms with Crippen LogP contribution in [0.3, 0.4) is 0 Å². The molecule has 0 bridgehead atoms. The number of halogens is 3. The standard InChI is InChI=1S/C18H17F3N2O2/c1-12(14-3-2-4-15(11-14)18(19,20)21)23(16-5-6-16)17(24)13-7-9-22(25)10-8-13/h2-4,7-12,16H,5-6H2,1H3/t12-/m0/s1. The summed E-state index contributed by atoms with van der Waals surface area (Å²) in [5.74, 6) is -0.284. The molecule has 1 amide bonds. The molecule has 1 aromatic heterocycles. The maximum Gasteiger partial charge on any atom is 0.416 e. The third kappa shape index (κ3) is 3.75. The molecule has 1 saturated carbocycles. The lowest BCUT2D eigenvalue weighted by atomic mass is 10.0. The third-order valence-corrected chi connectivity index (χ3v) is 4.34. The van der Waals surface area contributed by atoms with E-state index >= 15 is 0 Å². The number of hydrogen-bond acceptors (Lipinski definition) is 2. The second kappa shape index (κ2) is 6.38. The lowest BCUT2D eigenvalue weighted by Gasteiger charge is -2.30. The Balaban J connectivity index is 1.90. The summed E-state index contributed by atoms with van der Waals surface area (Å²) >= 11 is 0. The second-order valence-corrected chi connectivity index (χ2v) is 6.19. The Kier molecular flexibility index (Phi) is 4.41. The first kappa shape index (κ1) is 17.3. The van der Waals surface area contributed by atoms with E-state index in [9.17, 15) is 23.2 Å². The number of rotatable bonds is 4. The SMILES string of the molecule is C[C@@H](c1cccc(C(F)(F)F)c1)N(C(=O)c1cc[n+]([O-])cc1)C1CC1. The van der Waals surface area contributed by atoms with Gasteiger partial charge in [0.05, 0.1) is 17.2 Å². The first-order valence-corrected chi connectivity index (χ1v) is 7.96. The highest BCUT2D eigenvalue weighted by Gasteiger charge is 2.38. The van der Waals surface area contributed by atoms with Crippen LogP contribution >= 0.6 is 0 Å². The molecule has 1 atom stereocenters. The van der Waals surface area contributed by atoms with Gasteiger partial charge in [0.2, 0.25) is 0 Å². The minimum absolute atomic E-state index is 0.0108. The van der Waals surface area contributed by atoms with Gasteiger partial charge >= 0.3 is 6.18 Å². The van der Waals surface area contributed by atoms with E-state index in [1.54, 1.807) is 17.9 Å². The fraction of sp³-hybridized carbons (Fsp3) is 0.333. The van der Waals surface area contributed by atoms with Crippen molar-refractivity contribution in [3.05, 3.63) is 70.7 Å². The number of carbonyl (C=O) groups is 1.